The lowest BCUT2D eigenvalue weighted by molar-refractivity contribution is 0.0691. The second-order valence-corrected chi connectivity index (χ2v) is 2.85. The molecule has 0 atom stereocenters. The summed E-state index contributed by atoms with van der Waals surface area (Å²) >= 11 is 1.25. The molecule has 0 aliphatic carbocycles. The molecular formula is C6H7NO3S. The molecule has 0 saturated carbocycles. The second kappa shape index (κ2) is 3.45. The predicted octanol–water partition coefficient (Wildman–Crippen LogP) is 0.376. The third kappa shape index (κ3) is 1.99. The molecule has 0 unspecified atom stereocenters. The maximum absolute atomic E-state index is 10.3. The van der Waals surface area contributed by atoms with Gasteiger partial charge in [0.05, 0.1) is 5.01 Å². The third-order valence-electron chi connectivity index (χ3n) is 1.10. The smallest absolute Gasteiger partial charge is 0.355 e. The Bertz CT molecular complexity index is 258. The highest BCUT2D eigenvalue weighted by Crippen LogP contribution is 2.09. The fourth-order valence-electron chi connectivity index (χ4n) is 0.620. The third-order valence-corrected chi connectivity index (χ3v) is 2.01. The van der Waals surface area contributed by atoms with Crippen molar-refractivity contribution < 1.29 is 15.0 Å². The Hall–Kier alpha value is -0.940. The number of thiazole rings is 1. The number of aromatic carboxylic acids is 1. The van der Waals surface area contributed by atoms with Gasteiger partial charge in [-0.3, -0.25) is 0 Å². The molecule has 0 radical (unpaired) electrons. The van der Waals surface area contributed by atoms with Gasteiger partial charge in [0.2, 0.25) is 0 Å². The molecule has 5 heteroatoms. The Kier molecular flexibility index (Phi) is 2.56. The maximum atomic E-state index is 10.3. The molecule has 0 spiro atoms. The summed E-state index contributed by atoms with van der Waals surface area (Å²) < 4.78 is 0. The molecule has 0 amide bonds. The molecule has 1 rings (SSSR count). The van der Waals surface area contributed by atoms with Gasteiger partial charge >= 0.3 is 5.97 Å². The lowest BCUT2D eigenvalue weighted by Crippen LogP contribution is -1.97. The minimum Gasteiger partial charge on any atom is -0.476 e. The van der Waals surface area contributed by atoms with Gasteiger partial charge in [0.25, 0.3) is 0 Å². The van der Waals surface area contributed by atoms with Crippen molar-refractivity contribution >= 4 is 17.3 Å². The molecule has 0 aromatic carbocycles. The van der Waals surface area contributed by atoms with Crippen molar-refractivity contribution in [3.8, 4) is 0 Å². The summed E-state index contributed by atoms with van der Waals surface area (Å²) in [7, 11) is 0. The van der Waals surface area contributed by atoms with E-state index in [1.165, 1.54) is 16.7 Å². The van der Waals surface area contributed by atoms with Crippen molar-refractivity contribution in [2.24, 2.45) is 0 Å². The van der Waals surface area contributed by atoms with Gasteiger partial charge in [-0.15, -0.1) is 11.3 Å². The number of carbonyl (C=O) groups is 1. The standard InChI is InChI=1S/C6H7NO3S/c8-2-1-5-7-4(3-11-5)6(9)10/h3,8H,1-2H2,(H,9,10). The number of nitrogens with zero attached hydrogens (tertiary/aromatic N) is 1. The summed E-state index contributed by atoms with van der Waals surface area (Å²) in [6.07, 6.45) is 0.429. The Labute approximate surface area is 67.1 Å². The Morgan fingerprint density at radius 3 is 2.91 bits per heavy atom. The Balaban J connectivity index is 2.73. The minimum absolute atomic E-state index is 0.00652. The van der Waals surface area contributed by atoms with E-state index in [9.17, 15) is 4.79 Å². The monoisotopic (exact) mass is 173 g/mol. The van der Waals surface area contributed by atoms with Crippen LogP contribution in [0.25, 0.3) is 0 Å². The van der Waals surface area contributed by atoms with Crippen LogP contribution in [0.5, 0.6) is 0 Å². The molecule has 4 nitrogen and oxygen atoms in total. The molecule has 1 aromatic heterocycles. The van der Waals surface area contributed by atoms with Crippen LogP contribution in [0.1, 0.15) is 15.5 Å². The number of aliphatic hydroxyl groups is 1. The molecule has 1 aromatic rings. The van der Waals surface area contributed by atoms with Crippen molar-refractivity contribution in [2.75, 3.05) is 6.61 Å². The van der Waals surface area contributed by atoms with Gasteiger partial charge in [-0.25, -0.2) is 9.78 Å². The van der Waals surface area contributed by atoms with E-state index in [0.29, 0.717) is 11.4 Å². The number of aliphatic hydroxyl groups excluding tert-OH is 1. The number of hydrogen-bond donors (Lipinski definition) is 2. The van der Waals surface area contributed by atoms with Crippen LogP contribution in [0.4, 0.5) is 0 Å². The van der Waals surface area contributed by atoms with Crippen LogP contribution >= 0.6 is 11.3 Å². The molecule has 2 N–H and O–H groups in total. The van der Waals surface area contributed by atoms with Gasteiger partial charge in [0.15, 0.2) is 5.69 Å². The normalized spacial score (nSPS) is 9.91. The second-order valence-electron chi connectivity index (χ2n) is 1.91. The van der Waals surface area contributed by atoms with E-state index in [4.69, 9.17) is 10.2 Å². The Morgan fingerprint density at radius 2 is 2.45 bits per heavy atom. The molecule has 0 aliphatic rings. The van der Waals surface area contributed by atoms with Crippen LogP contribution in [0, 0.1) is 0 Å². The SMILES string of the molecule is O=C(O)c1csc(CCO)n1. The zero-order valence-electron chi connectivity index (χ0n) is 5.65. The maximum Gasteiger partial charge on any atom is 0.355 e. The lowest BCUT2D eigenvalue weighted by Gasteiger charge is -1.86. The fraction of sp³-hybridized carbons (Fsp3) is 0.333. The van der Waals surface area contributed by atoms with E-state index in [0.717, 1.165) is 0 Å². The summed E-state index contributed by atoms with van der Waals surface area (Å²) in [4.78, 5) is 14.1. The Morgan fingerprint density at radius 1 is 1.73 bits per heavy atom. The highest BCUT2D eigenvalue weighted by atomic mass is 32.1. The van der Waals surface area contributed by atoms with Crippen molar-refractivity contribution in [1.29, 1.82) is 0 Å². The first kappa shape index (κ1) is 8.16. The van der Waals surface area contributed by atoms with E-state index >= 15 is 0 Å². The van der Waals surface area contributed by atoms with E-state index in [1.54, 1.807) is 0 Å². The van der Waals surface area contributed by atoms with Crippen LogP contribution in [-0.2, 0) is 6.42 Å². The van der Waals surface area contributed by atoms with Gasteiger partial charge in [-0.2, -0.15) is 0 Å². The predicted molar refractivity (Wildman–Crippen MR) is 39.9 cm³/mol. The molecule has 0 aliphatic heterocycles. The largest absolute Gasteiger partial charge is 0.476 e. The lowest BCUT2D eigenvalue weighted by atomic mass is 10.4. The average molecular weight is 173 g/mol. The summed E-state index contributed by atoms with van der Waals surface area (Å²) in [6.45, 7) is 0.00652. The summed E-state index contributed by atoms with van der Waals surface area (Å²) in [6, 6.07) is 0. The molecule has 1 heterocycles. The average Bonchev–Trinajstić information content (AvgIpc) is 2.37. The fourth-order valence-corrected chi connectivity index (χ4v) is 1.38. The van der Waals surface area contributed by atoms with Crippen LogP contribution in [0.3, 0.4) is 0 Å². The first-order valence-corrected chi connectivity index (χ1v) is 3.90. The van der Waals surface area contributed by atoms with Crippen molar-refractivity contribution in [2.45, 2.75) is 6.42 Å². The number of aromatic nitrogens is 1. The van der Waals surface area contributed by atoms with Gasteiger partial charge in [-0.1, -0.05) is 0 Å². The summed E-state index contributed by atoms with van der Waals surface area (Å²) in [5.74, 6) is -1.02. The van der Waals surface area contributed by atoms with Gasteiger partial charge in [0, 0.05) is 18.4 Å². The van der Waals surface area contributed by atoms with Crippen LogP contribution in [-0.4, -0.2) is 27.8 Å². The van der Waals surface area contributed by atoms with E-state index < -0.39 is 5.97 Å². The highest BCUT2D eigenvalue weighted by Gasteiger charge is 2.07. The van der Waals surface area contributed by atoms with Gasteiger partial charge in [-0.05, 0) is 0 Å². The molecule has 0 fully saturated rings. The number of carboxylic acid groups (broad SMARTS) is 1. The number of carboxylic acids is 1. The topological polar surface area (TPSA) is 70.4 Å². The molecule has 0 saturated heterocycles. The van der Waals surface area contributed by atoms with E-state index in [2.05, 4.69) is 4.98 Å². The molecule has 0 bridgehead atoms. The van der Waals surface area contributed by atoms with Crippen LogP contribution in [0.15, 0.2) is 5.38 Å². The summed E-state index contributed by atoms with van der Waals surface area (Å²) in [5.41, 5.74) is 0.0541. The van der Waals surface area contributed by atoms with E-state index in [1.807, 2.05) is 0 Å². The zero-order chi connectivity index (χ0) is 8.27. The number of rotatable bonds is 3. The first-order valence-electron chi connectivity index (χ1n) is 3.02. The summed E-state index contributed by atoms with van der Waals surface area (Å²) in [5, 5.41) is 19.1. The van der Waals surface area contributed by atoms with E-state index in [-0.39, 0.29) is 12.3 Å². The van der Waals surface area contributed by atoms with Crippen LogP contribution in [0.2, 0.25) is 0 Å². The minimum atomic E-state index is -1.02. The van der Waals surface area contributed by atoms with Gasteiger partial charge < -0.3 is 10.2 Å². The van der Waals surface area contributed by atoms with Crippen molar-refractivity contribution in [3.05, 3.63) is 16.1 Å². The molecule has 60 valence electrons. The van der Waals surface area contributed by atoms with Crippen LogP contribution < -0.4 is 0 Å². The number of hydrogen-bond acceptors (Lipinski definition) is 4. The quantitative estimate of drug-likeness (QED) is 0.693. The molecule has 11 heavy (non-hydrogen) atoms. The highest BCUT2D eigenvalue weighted by molar-refractivity contribution is 7.09. The molecular weight excluding hydrogens is 166 g/mol. The van der Waals surface area contributed by atoms with Crippen molar-refractivity contribution in [3.63, 3.8) is 0 Å². The van der Waals surface area contributed by atoms with Gasteiger partial charge in [0.1, 0.15) is 0 Å². The zero-order valence-corrected chi connectivity index (χ0v) is 6.47. The van der Waals surface area contributed by atoms with Crippen molar-refractivity contribution in [1.82, 2.24) is 4.98 Å². The first-order chi connectivity index (χ1) is 5.24.